The van der Waals surface area contributed by atoms with Crippen LogP contribution in [0.2, 0.25) is 0 Å². The average molecular weight is 362 g/mol. The van der Waals surface area contributed by atoms with Gasteiger partial charge in [-0.2, -0.15) is 0 Å². The number of halogens is 3. The van der Waals surface area contributed by atoms with E-state index in [0.29, 0.717) is 26.1 Å². The number of aromatic nitrogens is 1. The molecule has 0 saturated carbocycles. The largest absolute Gasteiger partial charge is 0.454 e. The van der Waals surface area contributed by atoms with Crippen LogP contribution in [0.15, 0.2) is 39.5 Å². The summed E-state index contributed by atoms with van der Waals surface area (Å²) in [6.07, 6.45) is 3.02. The number of hydrogen-bond acceptors (Lipinski definition) is 3. The second-order valence-corrected chi connectivity index (χ2v) is 4.93. The van der Waals surface area contributed by atoms with Gasteiger partial charge in [0.1, 0.15) is 11.6 Å². The molecule has 3 nitrogen and oxygen atoms in total. The number of nitrogens with zero attached hydrogens (tertiary/aromatic N) is 1. The standard InChI is InChI=1S/C11H7Br2FN2O/c12-7-2-1-6(3-9(7)14)17-11-8(13)4-16-5-10(11)15/h1-5H,15H2. The van der Waals surface area contributed by atoms with E-state index in [1.54, 1.807) is 18.3 Å². The fourth-order valence-corrected chi connectivity index (χ4v) is 1.88. The number of anilines is 1. The van der Waals surface area contributed by atoms with E-state index in [0.717, 1.165) is 0 Å². The van der Waals surface area contributed by atoms with E-state index in [4.69, 9.17) is 10.5 Å². The number of nitrogens with two attached hydrogens (primary N) is 1. The van der Waals surface area contributed by atoms with E-state index in [1.165, 1.54) is 12.3 Å². The Hall–Kier alpha value is -1.14. The first-order valence-corrected chi connectivity index (χ1v) is 6.18. The molecule has 1 aromatic carbocycles. The molecule has 0 amide bonds. The molecule has 0 fully saturated rings. The van der Waals surface area contributed by atoms with Gasteiger partial charge in [-0.15, -0.1) is 0 Å². The first-order chi connectivity index (χ1) is 8.08. The Morgan fingerprint density at radius 3 is 2.59 bits per heavy atom. The fourth-order valence-electron chi connectivity index (χ4n) is 1.20. The number of pyridine rings is 1. The highest BCUT2D eigenvalue weighted by molar-refractivity contribution is 9.10. The van der Waals surface area contributed by atoms with Crippen LogP contribution in [0.3, 0.4) is 0 Å². The van der Waals surface area contributed by atoms with Crippen molar-refractivity contribution in [2.24, 2.45) is 0 Å². The topological polar surface area (TPSA) is 48.1 Å². The molecule has 0 spiro atoms. The van der Waals surface area contributed by atoms with Crippen molar-refractivity contribution in [3.8, 4) is 11.5 Å². The number of rotatable bonds is 2. The van der Waals surface area contributed by atoms with E-state index in [2.05, 4.69) is 36.8 Å². The molecule has 2 N–H and O–H groups in total. The molecule has 2 rings (SSSR count). The summed E-state index contributed by atoms with van der Waals surface area (Å²) in [4.78, 5) is 3.88. The van der Waals surface area contributed by atoms with Crippen LogP contribution in [0.5, 0.6) is 11.5 Å². The van der Waals surface area contributed by atoms with Crippen LogP contribution >= 0.6 is 31.9 Å². The Bertz CT molecular complexity index is 543. The minimum Gasteiger partial charge on any atom is -0.454 e. The summed E-state index contributed by atoms with van der Waals surface area (Å²) < 4.78 is 19.8. The SMILES string of the molecule is Nc1cncc(Br)c1Oc1ccc(Br)c(F)c1. The van der Waals surface area contributed by atoms with E-state index in [-0.39, 0.29) is 0 Å². The van der Waals surface area contributed by atoms with Crippen LogP contribution < -0.4 is 10.5 Å². The fraction of sp³-hybridized carbons (Fsp3) is 0. The first-order valence-electron chi connectivity index (χ1n) is 4.60. The molecule has 17 heavy (non-hydrogen) atoms. The number of ether oxygens (including phenoxy) is 1. The van der Waals surface area contributed by atoms with Crippen LogP contribution in [-0.4, -0.2) is 4.98 Å². The van der Waals surface area contributed by atoms with Crippen molar-refractivity contribution in [3.63, 3.8) is 0 Å². The predicted molar refractivity (Wildman–Crippen MR) is 70.5 cm³/mol. The van der Waals surface area contributed by atoms with Crippen molar-refractivity contribution in [3.05, 3.63) is 45.4 Å². The summed E-state index contributed by atoms with van der Waals surface area (Å²) >= 11 is 6.34. The maximum absolute atomic E-state index is 13.3. The quantitative estimate of drug-likeness (QED) is 0.875. The van der Waals surface area contributed by atoms with E-state index in [9.17, 15) is 4.39 Å². The van der Waals surface area contributed by atoms with Gasteiger partial charge in [0, 0.05) is 12.3 Å². The number of hydrogen-bond donors (Lipinski definition) is 1. The minimum atomic E-state index is -0.397. The predicted octanol–water partition coefficient (Wildman–Crippen LogP) is 4.12. The molecule has 1 heterocycles. The van der Waals surface area contributed by atoms with Gasteiger partial charge in [0.25, 0.3) is 0 Å². The lowest BCUT2D eigenvalue weighted by atomic mass is 10.3. The summed E-state index contributed by atoms with van der Waals surface area (Å²) in [5.41, 5.74) is 6.09. The summed E-state index contributed by atoms with van der Waals surface area (Å²) in [6.45, 7) is 0. The van der Waals surface area contributed by atoms with Gasteiger partial charge in [-0.05, 0) is 44.0 Å². The van der Waals surface area contributed by atoms with Gasteiger partial charge in [0.2, 0.25) is 0 Å². The first kappa shape index (κ1) is 12.3. The van der Waals surface area contributed by atoms with Crippen LogP contribution in [0.1, 0.15) is 0 Å². The van der Waals surface area contributed by atoms with Crippen LogP contribution in [0, 0.1) is 5.82 Å². The lowest BCUT2D eigenvalue weighted by Crippen LogP contribution is -1.94. The second kappa shape index (κ2) is 5.01. The second-order valence-electron chi connectivity index (χ2n) is 3.22. The molecule has 0 unspecified atom stereocenters. The smallest absolute Gasteiger partial charge is 0.167 e. The van der Waals surface area contributed by atoms with Gasteiger partial charge in [0.05, 0.1) is 20.8 Å². The third-order valence-corrected chi connectivity index (χ3v) is 3.20. The maximum Gasteiger partial charge on any atom is 0.167 e. The van der Waals surface area contributed by atoms with Gasteiger partial charge in [0.15, 0.2) is 5.75 Å². The van der Waals surface area contributed by atoms with Crippen molar-refractivity contribution in [1.29, 1.82) is 0 Å². The van der Waals surface area contributed by atoms with Crippen LogP contribution in [0.4, 0.5) is 10.1 Å². The normalized spacial score (nSPS) is 10.3. The van der Waals surface area contributed by atoms with Gasteiger partial charge in [-0.3, -0.25) is 4.98 Å². The van der Waals surface area contributed by atoms with Gasteiger partial charge in [-0.1, -0.05) is 0 Å². The molecule has 88 valence electrons. The number of benzene rings is 1. The zero-order valence-electron chi connectivity index (χ0n) is 8.45. The third kappa shape index (κ3) is 2.76. The summed E-state index contributed by atoms with van der Waals surface area (Å²) in [5.74, 6) is 0.386. The van der Waals surface area contributed by atoms with E-state index in [1.807, 2.05) is 0 Å². The van der Waals surface area contributed by atoms with Crippen molar-refractivity contribution in [1.82, 2.24) is 4.98 Å². The minimum absolute atomic E-state index is 0.365. The lowest BCUT2D eigenvalue weighted by Gasteiger charge is -2.10. The Balaban J connectivity index is 2.35. The zero-order valence-corrected chi connectivity index (χ0v) is 11.6. The van der Waals surface area contributed by atoms with E-state index < -0.39 is 5.82 Å². The highest BCUT2D eigenvalue weighted by atomic mass is 79.9. The van der Waals surface area contributed by atoms with Gasteiger partial charge >= 0.3 is 0 Å². The van der Waals surface area contributed by atoms with Gasteiger partial charge in [-0.25, -0.2) is 4.39 Å². The highest BCUT2D eigenvalue weighted by Gasteiger charge is 2.09. The highest BCUT2D eigenvalue weighted by Crippen LogP contribution is 2.34. The lowest BCUT2D eigenvalue weighted by molar-refractivity contribution is 0.475. The molecule has 2 aromatic rings. The molecule has 0 aliphatic rings. The summed E-state index contributed by atoms with van der Waals surface area (Å²) in [5, 5.41) is 0. The molecule has 1 aromatic heterocycles. The number of nitrogen functional groups attached to an aromatic ring is 1. The zero-order chi connectivity index (χ0) is 12.4. The Morgan fingerprint density at radius 2 is 1.94 bits per heavy atom. The van der Waals surface area contributed by atoms with Crippen molar-refractivity contribution < 1.29 is 9.13 Å². The Morgan fingerprint density at radius 1 is 1.18 bits per heavy atom. The molecule has 0 aliphatic carbocycles. The van der Waals surface area contributed by atoms with Crippen molar-refractivity contribution in [2.75, 3.05) is 5.73 Å². The average Bonchev–Trinajstić information content (AvgIpc) is 2.28. The van der Waals surface area contributed by atoms with Crippen molar-refractivity contribution in [2.45, 2.75) is 0 Å². The molecule has 0 bridgehead atoms. The van der Waals surface area contributed by atoms with E-state index >= 15 is 0 Å². The van der Waals surface area contributed by atoms with Crippen molar-refractivity contribution >= 4 is 37.5 Å². The Kier molecular flexibility index (Phi) is 3.63. The maximum atomic E-state index is 13.3. The molecule has 0 radical (unpaired) electrons. The third-order valence-electron chi connectivity index (χ3n) is 1.99. The Labute approximate surface area is 114 Å². The molecule has 0 atom stereocenters. The van der Waals surface area contributed by atoms with Crippen LogP contribution in [-0.2, 0) is 0 Å². The molecular formula is C11H7Br2FN2O. The molecule has 0 aliphatic heterocycles. The monoisotopic (exact) mass is 360 g/mol. The summed E-state index contributed by atoms with van der Waals surface area (Å²) in [7, 11) is 0. The molecule has 6 heteroatoms. The van der Waals surface area contributed by atoms with Gasteiger partial charge < -0.3 is 10.5 Å². The summed E-state index contributed by atoms with van der Waals surface area (Å²) in [6, 6.07) is 4.48. The van der Waals surface area contributed by atoms with Crippen LogP contribution in [0.25, 0.3) is 0 Å². The molecule has 0 saturated heterocycles. The molecular weight excluding hydrogens is 355 g/mol.